The van der Waals surface area contributed by atoms with Crippen LogP contribution in [0.3, 0.4) is 0 Å². The molecular formula is C12H16ClNO4S. The van der Waals surface area contributed by atoms with Gasteiger partial charge in [0.25, 0.3) is 0 Å². The van der Waals surface area contributed by atoms with Crippen molar-refractivity contribution in [2.45, 2.75) is 11.3 Å². The Balaban J connectivity index is 2.90. The van der Waals surface area contributed by atoms with E-state index in [4.69, 9.17) is 16.7 Å². The van der Waals surface area contributed by atoms with Crippen LogP contribution in [0, 0.1) is 0 Å². The lowest BCUT2D eigenvalue weighted by Crippen LogP contribution is -2.17. The summed E-state index contributed by atoms with van der Waals surface area (Å²) < 4.78 is 24.0. The molecule has 0 spiro atoms. The minimum absolute atomic E-state index is 0.00786. The van der Waals surface area contributed by atoms with Crippen molar-refractivity contribution in [1.82, 2.24) is 4.90 Å². The highest BCUT2D eigenvalue weighted by Gasteiger charge is 2.17. The van der Waals surface area contributed by atoms with Gasteiger partial charge < -0.3 is 10.0 Å². The molecule has 0 aromatic heterocycles. The molecule has 1 rings (SSSR count). The molecule has 0 saturated heterocycles. The van der Waals surface area contributed by atoms with Crippen molar-refractivity contribution < 1.29 is 18.3 Å². The van der Waals surface area contributed by atoms with Crippen molar-refractivity contribution in [3.05, 3.63) is 28.8 Å². The van der Waals surface area contributed by atoms with Crippen molar-refractivity contribution in [2.75, 3.05) is 26.4 Å². The Kier molecular flexibility index (Phi) is 5.34. The highest BCUT2D eigenvalue weighted by atomic mass is 35.5. The lowest BCUT2D eigenvalue weighted by molar-refractivity contribution is 0.0697. The second-order valence-electron chi connectivity index (χ2n) is 4.42. The summed E-state index contributed by atoms with van der Waals surface area (Å²) in [6.45, 7) is 0.667. The molecule has 0 heterocycles. The van der Waals surface area contributed by atoms with Gasteiger partial charge in [-0.1, -0.05) is 11.6 Å². The third-order valence-electron chi connectivity index (χ3n) is 2.55. The zero-order valence-corrected chi connectivity index (χ0v) is 12.3. The minimum Gasteiger partial charge on any atom is -0.478 e. The van der Waals surface area contributed by atoms with E-state index >= 15 is 0 Å². The molecule has 1 aromatic rings. The molecule has 0 radical (unpaired) electrons. The molecule has 0 fully saturated rings. The van der Waals surface area contributed by atoms with Crippen molar-refractivity contribution in [3.63, 3.8) is 0 Å². The van der Waals surface area contributed by atoms with Gasteiger partial charge in [-0.15, -0.1) is 0 Å². The van der Waals surface area contributed by atoms with E-state index in [0.717, 1.165) is 0 Å². The van der Waals surface area contributed by atoms with Gasteiger partial charge in [-0.25, -0.2) is 13.2 Å². The topological polar surface area (TPSA) is 74.7 Å². The van der Waals surface area contributed by atoms with E-state index in [-0.39, 0.29) is 21.2 Å². The highest BCUT2D eigenvalue weighted by molar-refractivity contribution is 7.91. The van der Waals surface area contributed by atoms with Crippen LogP contribution in [0.2, 0.25) is 5.02 Å². The number of halogens is 1. The molecule has 106 valence electrons. The van der Waals surface area contributed by atoms with Crippen LogP contribution >= 0.6 is 11.6 Å². The molecule has 0 atom stereocenters. The van der Waals surface area contributed by atoms with Crippen LogP contribution in [0.4, 0.5) is 0 Å². The molecule has 1 N–H and O–H groups in total. The van der Waals surface area contributed by atoms with E-state index in [9.17, 15) is 13.2 Å². The van der Waals surface area contributed by atoms with E-state index in [0.29, 0.717) is 13.0 Å². The molecule has 0 aliphatic carbocycles. The molecule has 0 aliphatic rings. The quantitative estimate of drug-likeness (QED) is 0.867. The maximum absolute atomic E-state index is 12.0. The van der Waals surface area contributed by atoms with E-state index in [1.54, 1.807) is 0 Å². The van der Waals surface area contributed by atoms with Crippen LogP contribution in [-0.2, 0) is 9.84 Å². The second-order valence-corrected chi connectivity index (χ2v) is 6.94. The number of benzene rings is 1. The first-order valence-corrected chi connectivity index (χ1v) is 7.67. The van der Waals surface area contributed by atoms with Gasteiger partial charge in [-0.2, -0.15) is 0 Å². The maximum atomic E-state index is 12.0. The Hall–Kier alpha value is -1.11. The molecule has 7 heteroatoms. The smallest absolute Gasteiger partial charge is 0.337 e. The Bertz CT molecular complexity index is 569. The SMILES string of the molecule is CN(C)CCCS(=O)(=O)c1ccc(C(=O)O)c(Cl)c1. The van der Waals surface area contributed by atoms with Gasteiger partial charge in [0.1, 0.15) is 0 Å². The molecule has 0 bridgehead atoms. The number of carbonyl (C=O) groups is 1. The molecular weight excluding hydrogens is 290 g/mol. The fourth-order valence-electron chi connectivity index (χ4n) is 1.55. The Labute approximate surface area is 117 Å². The van der Waals surface area contributed by atoms with Crippen LogP contribution in [0.5, 0.6) is 0 Å². The number of hydrogen-bond donors (Lipinski definition) is 1. The lowest BCUT2D eigenvalue weighted by Gasteiger charge is -2.10. The molecule has 0 amide bonds. The van der Waals surface area contributed by atoms with Gasteiger partial charge in [0.05, 0.1) is 21.2 Å². The van der Waals surface area contributed by atoms with Gasteiger partial charge >= 0.3 is 5.97 Å². The summed E-state index contributed by atoms with van der Waals surface area (Å²) in [6.07, 6.45) is 0.508. The number of aromatic carboxylic acids is 1. The summed E-state index contributed by atoms with van der Waals surface area (Å²) in [7, 11) is 0.307. The standard InChI is InChI=1S/C12H16ClNO4S/c1-14(2)6-3-7-19(17,18)9-4-5-10(12(15)16)11(13)8-9/h4-5,8H,3,6-7H2,1-2H3,(H,15,16). The summed E-state index contributed by atoms with van der Waals surface area (Å²) >= 11 is 5.76. The van der Waals surface area contributed by atoms with Crippen molar-refractivity contribution in [1.29, 1.82) is 0 Å². The summed E-state index contributed by atoms with van der Waals surface area (Å²) in [5, 5.41) is 8.75. The average molecular weight is 306 g/mol. The maximum Gasteiger partial charge on any atom is 0.337 e. The Morgan fingerprint density at radius 1 is 1.37 bits per heavy atom. The number of nitrogens with zero attached hydrogens (tertiary/aromatic N) is 1. The Morgan fingerprint density at radius 3 is 2.47 bits per heavy atom. The van der Waals surface area contributed by atoms with Gasteiger partial charge in [0, 0.05) is 0 Å². The second kappa shape index (κ2) is 6.36. The lowest BCUT2D eigenvalue weighted by atomic mass is 10.2. The number of rotatable bonds is 6. The fourth-order valence-corrected chi connectivity index (χ4v) is 3.20. The normalized spacial score (nSPS) is 11.8. The third-order valence-corrected chi connectivity index (χ3v) is 4.66. The minimum atomic E-state index is -3.42. The van der Waals surface area contributed by atoms with Crippen molar-refractivity contribution in [2.24, 2.45) is 0 Å². The molecule has 5 nitrogen and oxygen atoms in total. The Morgan fingerprint density at radius 2 is 2.00 bits per heavy atom. The summed E-state index contributed by atoms with van der Waals surface area (Å²) in [5.41, 5.74) is -0.103. The predicted octanol–water partition coefficient (Wildman–Crippen LogP) is 1.76. The van der Waals surface area contributed by atoms with Crippen LogP contribution in [0.25, 0.3) is 0 Å². The zero-order chi connectivity index (χ0) is 14.6. The van der Waals surface area contributed by atoms with Crippen molar-refractivity contribution >= 4 is 27.4 Å². The summed E-state index contributed by atoms with van der Waals surface area (Å²) in [5.74, 6) is -1.17. The summed E-state index contributed by atoms with van der Waals surface area (Å²) in [6, 6.07) is 3.68. The number of sulfone groups is 1. The number of carboxylic acid groups (broad SMARTS) is 1. The van der Waals surface area contributed by atoms with Gasteiger partial charge in [-0.05, 0) is 45.3 Å². The molecule has 19 heavy (non-hydrogen) atoms. The van der Waals surface area contributed by atoms with E-state index in [1.807, 2.05) is 19.0 Å². The monoisotopic (exact) mass is 305 g/mol. The molecule has 1 aromatic carbocycles. The fraction of sp³-hybridized carbons (Fsp3) is 0.417. The summed E-state index contributed by atoms with van der Waals surface area (Å²) in [4.78, 5) is 12.7. The van der Waals surface area contributed by atoms with E-state index in [1.165, 1.54) is 18.2 Å². The van der Waals surface area contributed by atoms with Crippen LogP contribution in [-0.4, -0.2) is 50.8 Å². The zero-order valence-electron chi connectivity index (χ0n) is 10.8. The van der Waals surface area contributed by atoms with E-state index < -0.39 is 15.8 Å². The molecule has 0 saturated carbocycles. The first-order chi connectivity index (χ1) is 8.74. The van der Waals surface area contributed by atoms with Gasteiger partial charge in [-0.3, -0.25) is 0 Å². The molecule has 0 unspecified atom stereocenters. The highest BCUT2D eigenvalue weighted by Crippen LogP contribution is 2.22. The van der Waals surface area contributed by atoms with Gasteiger partial charge in [0.2, 0.25) is 0 Å². The first kappa shape index (κ1) is 15.9. The average Bonchev–Trinajstić information content (AvgIpc) is 2.27. The number of hydrogen-bond acceptors (Lipinski definition) is 4. The largest absolute Gasteiger partial charge is 0.478 e. The number of carboxylic acids is 1. The van der Waals surface area contributed by atoms with Crippen LogP contribution in [0.15, 0.2) is 23.1 Å². The van der Waals surface area contributed by atoms with Crippen LogP contribution < -0.4 is 0 Å². The molecule has 0 aliphatic heterocycles. The van der Waals surface area contributed by atoms with Crippen molar-refractivity contribution in [3.8, 4) is 0 Å². The van der Waals surface area contributed by atoms with E-state index in [2.05, 4.69) is 0 Å². The first-order valence-electron chi connectivity index (χ1n) is 5.64. The van der Waals surface area contributed by atoms with Gasteiger partial charge in [0.15, 0.2) is 9.84 Å². The third kappa shape index (κ3) is 4.49. The predicted molar refractivity (Wildman–Crippen MR) is 73.6 cm³/mol. The van der Waals surface area contributed by atoms with Crippen LogP contribution in [0.1, 0.15) is 16.8 Å².